The summed E-state index contributed by atoms with van der Waals surface area (Å²) in [5.74, 6) is 0.000816. The number of carbonyl (C=O) groups excluding carboxylic acids is 2. The van der Waals surface area contributed by atoms with Gasteiger partial charge in [0.15, 0.2) is 0 Å². The monoisotopic (exact) mass is 257 g/mol. The molecule has 0 aromatic carbocycles. The van der Waals surface area contributed by atoms with E-state index in [1.165, 1.54) is 0 Å². The Morgan fingerprint density at radius 3 is 2.06 bits per heavy atom. The molecule has 5 heteroatoms. The minimum absolute atomic E-state index is 0.00514. The van der Waals surface area contributed by atoms with Crippen LogP contribution in [0.4, 0.5) is 0 Å². The standard InChI is InChI=1S/C13H27N3O2/c1-10(2)12(18)15-9-8-14-11(17)6-7-16-13(3,4)5/h10,16H,6-9H2,1-5H3,(H,14,17)(H,15,18). The van der Waals surface area contributed by atoms with Gasteiger partial charge in [0, 0.05) is 37.5 Å². The highest BCUT2D eigenvalue weighted by Gasteiger charge is 2.09. The molecular weight excluding hydrogens is 230 g/mol. The third kappa shape index (κ3) is 10.1. The van der Waals surface area contributed by atoms with Crippen molar-refractivity contribution in [3.05, 3.63) is 0 Å². The van der Waals surface area contributed by atoms with Crippen LogP contribution in [0.25, 0.3) is 0 Å². The van der Waals surface area contributed by atoms with E-state index in [1.54, 1.807) is 0 Å². The normalized spacial score (nSPS) is 11.4. The van der Waals surface area contributed by atoms with Crippen molar-refractivity contribution in [3.8, 4) is 0 Å². The van der Waals surface area contributed by atoms with Gasteiger partial charge in [-0.1, -0.05) is 13.8 Å². The van der Waals surface area contributed by atoms with E-state index in [0.717, 1.165) is 0 Å². The van der Waals surface area contributed by atoms with Gasteiger partial charge in [-0.15, -0.1) is 0 Å². The SMILES string of the molecule is CC(C)C(=O)NCCNC(=O)CCNC(C)(C)C. The Morgan fingerprint density at radius 2 is 1.56 bits per heavy atom. The maximum Gasteiger partial charge on any atom is 0.222 e. The van der Waals surface area contributed by atoms with Gasteiger partial charge in [-0.05, 0) is 20.8 Å². The Bertz CT molecular complexity index is 270. The smallest absolute Gasteiger partial charge is 0.222 e. The molecule has 0 radical (unpaired) electrons. The Morgan fingerprint density at radius 1 is 1.00 bits per heavy atom. The van der Waals surface area contributed by atoms with Crippen LogP contribution in [0.5, 0.6) is 0 Å². The summed E-state index contributed by atoms with van der Waals surface area (Å²) >= 11 is 0. The van der Waals surface area contributed by atoms with Crippen LogP contribution in [0.2, 0.25) is 0 Å². The van der Waals surface area contributed by atoms with Crippen LogP contribution in [-0.4, -0.2) is 37.0 Å². The van der Waals surface area contributed by atoms with Crippen LogP contribution >= 0.6 is 0 Å². The first-order valence-electron chi connectivity index (χ1n) is 6.52. The van der Waals surface area contributed by atoms with Gasteiger partial charge in [0.2, 0.25) is 11.8 Å². The lowest BCUT2D eigenvalue weighted by Crippen LogP contribution is -2.40. The Kier molecular flexibility index (Phi) is 7.59. The van der Waals surface area contributed by atoms with E-state index in [4.69, 9.17) is 0 Å². The molecule has 106 valence electrons. The van der Waals surface area contributed by atoms with Crippen LogP contribution in [0.15, 0.2) is 0 Å². The number of hydrogen-bond donors (Lipinski definition) is 3. The van der Waals surface area contributed by atoms with Crippen molar-refractivity contribution in [1.82, 2.24) is 16.0 Å². The zero-order valence-corrected chi connectivity index (χ0v) is 12.2. The first-order valence-corrected chi connectivity index (χ1v) is 6.52. The number of rotatable bonds is 7. The van der Waals surface area contributed by atoms with Crippen LogP contribution < -0.4 is 16.0 Å². The Hall–Kier alpha value is -1.10. The molecule has 0 saturated carbocycles. The molecule has 0 fully saturated rings. The van der Waals surface area contributed by atoms with Crippen LogP contribution in [-0.2, 0) is 9.59 Å². The largest absolute Gasteiger partial charge is 0.354 e. The van der Waals surface area contributed by atoms with E-state index < -0.39 is 0 Å². The van der Waals surface area contributed by atoms with E-state index in [2.05, 4.69) is 36.7 Å². The van der Waals surface area contributed by atoms with Gasteiger partial charge < -0.3 is 16.0 Å². The first-order chi connectivity index (χ1) is 8.22. The molecule has 5 nitrogen and oxygen atoms in total. The fourth-order valence-corrected chi connectivity index (χ4v) is 1.23. The molecular formula is C13H27N3O2. The fraction of sp³-hybridized carbons (Fsp3) is 0.846. The molecule has 0 atom stereocenters. The predicted molar refractivity (Wildman–Crippen MR) is 73.2 cm³/mol. The highest BCUT2D eigenvalue weighted by Crippen LogP contribution is 1.97. The quantitative estimate of drug-likeness (QED) is 0.587. The molecule has 0 aromatic heterocycles. The maximum atomic E-state index is 11.4. The predicted octanol–water partition coefficient (Wildman–Crippen LogP) is 0.653. The van der Waals surface area contributed by atoms with Crippen LogP contribution in [0.1, 0.15) is 41.0 Å². The van der Waals surface area contributed by atoms with Crippen molar-refractivity contribution in [2.45, 2.75) is 46.6 Å². The number of amides is 2. The molecule has 0 aliphatic heterocycles. The summed E-state index contributed by atoms with van der Waals surface area (Å²) in [5.41, 5.74) is 0.0333. The van der Waals surface area contributed by atoms with Crippen molar-refractivity contribution in [1.29, 1.82) is 0 Å². The van der Waals surface area contributed by atoms with Crippen molar-refractivity contribution in [2.24, 2.45) is 5.92 Å². The van der Waals surface area contributed by atoms with Crippen molar-refractivity contribution in [2.75, 3.05) is 19.6 Å². The summed E-state index contributed by atoms with van der Waals surface area (Å²) in [4.78, 5) is 22.7. The van der Waals surface area contributed by atoms with E-state index in [1.807, 2.05) is 13.8 Å². The van der Waals surface area contributed by atoms with Gasteiger partial charge in [0.1, 0.15) is 0 Å². The highest BCUT2D eigenvalue weighted by molar-refractivity contribution is 5.78. The summed E-state index contributed by atoms with van der Waals surface area (Å²) in [6.07, 6.45) is 0.454. The summed E-state index contributed by atoms with van der Waals surface area (Å²) < 4.78 is 0. The molecule has 0 spiro atoms. The highest BCUT2D eigenvalue weighted by atomic mass is 16.2. The molecule has 2 amide bonds. The third-order valence-corrected chi connectivity index (χ3v) is 2.28. The van der Waals surface area contributed by atoms with Crippen molar-refractivity contribution in [3.63, 3.8) is 0 Å². The van der Waals surface area contributed by atoms with Crippen molar-refractivity contribution >= 4 is 11.8 Å². The molecule has 3 N–H and O–H groups in total. The second-order valence-corrected chi connectivity index (χ2v) is 5.72. The minimum Gasteiger partial charge on any atom is -0.354 e. The Labute approximate surface area is 110 Å². The van der Waals surface area contributed by atoms with Gasteiger partial charge in [0.25, 0.3) is 0 Å². The number of carbonyl (C=O) groups is 2. The van der Waals surface area contributed by atoms with Gasteiger partial charge in [-0.25, -0.2) is 0 Å². The number of hydrogen-bond acceptors (Lipinski definition) is 3. The summed E-state index contributed by atoms with van der Waals surface area (Å²) in [5, 5.41) is 8.76. The van der Waals surface area contributed by atoms with E-state index in [9.17, 15) is 9.59 Å². The van der Waals surface area contributed by atoms with Gasteiger partial charge in [-0.2, -0.15) is 0 Å². The lowest BCUT2D eigenvalue weighted by molar-refractivity contribution is -0.124. The topological polar surface area (TPSA) is 70.2 Å². The molecule has 0 heterocycles. The van der Waals surface area contributed by atoms with E-state index in [-0.39, 0.29) is 23.3 Å². The molecule has 0 saturated heterocycles. The minimum atomic E-state index is -0.0170. The lowest BCUT2D eigenvalue weighted by Gasteiger charge is -2.20. The van der Waals surface area contributed by atoms with E-state index in [0.29, 0.717) is 26.1 Å². The fourth-order valence-electron chi connectivity index (χ4n) is 1.23. The average Bonchev–Trinajstić information content (AvgIpc) is 2.22. The second-order valence-electron chi connectivity index (χ2n) is 5.72. The molecule has 18 heavy (non-hydrogen) atoms. The molecule has 0 rings (SSSR count). The molecule has 0 bridgehead atoms. The van der Waals surface area contributed by atoms with Gasteiger partial charge >= 0.3 is 0 Å². The molecule has 0 aliphatic rings. The van der Waals surface area contributed by atoms with Crippen molar-refractivity contribution < 1.29 is 9.59 Å². The lowest BCUT2D eigenvalue weighted by atomic mass is 10.1. The molecule has 0 unspecified atom stereocenters. The van der Waals surface area contributed by atoms with Gasteiger partial charge in [0.05, 0.1) is 0 Å². The number of nitrogens with one attached hydrogen (secondary N) is 3. The zero-order chi connectivity index (χ0) is 14.2. The summed E-state index contributed by atoms with van der Waals surface area (Å²) in [6.45, 7) is 11.5. The van der Waals surface area contributed by atoms with Crippen LogP contribution in [0.3, 0.4) is 0 Å². The summed E-state index contributed by atoms with van der Waals surface area (Å²) in [7, 11) is 0. The third-order valence-electron chi connectivity index (χ3n) is 2.28. The summed E-state index contributed by atoms with van der Waals surface area (Å²) in [6, 6.07) is 0. The maximum absolute atomic E-state index is 11.4. The average molecular weight is 257 g/mol. The second kappa shape index (κ2) is 8.08. The Balaban J connectivity index is 3.52. The van der Waals surface area contributed by atoms with Gasteiger partial charge in [-0.3, -0.25) is 9.59 Å². The molecule has 0 aliphatic carbocycles. The zero-order valence-electron chi connectivity index (χ0n) is 12.2. The molecule has 0 aromatic rings. The first kappa shape index (κ1) is 16.9. The van der Waals surface area contributed by atoms with Crippen LogP contribution in [0, 0.1) is 5.92 Å². The van der Waals surface area contributed by atoms with E-state index >= 15 is 0 Å².